The number of hydrogen-bond donors (Lipinski definition) is 1. The minimum absolute atomic E-state index is 0.238. The van der Waals surface area contributed by atoms with Crippen molar-refractivity contribution in [2.45, 2.75) is 51.9 Å². The standard InChI is InChI=1S/C17H25Cl2N/c1-2-3-13-6-8-17(12-20,9-7-13)11-14-4-5-15(18)10-16(14)19/h4-5,10,13H,2-3,6-9,11-12,20H2,1H3. The van der Waals surface area contributed by atoms with E-state index in [1.807, 2.05) is 12.1 Å². The number of hydrogen-bond acceptors (Lipinski definition) is 1. The Morgan fingerprint density at radius 3 is 2.50 bits per heavy atom. The molecule has 0 amide bonds. The fourth-order valence-electron chi connectivity index (χ4n) is 3.51. The van der Waals surface area contributed by atoms with Crippen LogP contribution in [0.3, 0.4) is 0 Å². The fraction of sp³-hybridized carbons (Fsp3) is 0.647. The maximum absolute atomic E-state index is 6.32. The monoisotopic (exact) mass is 313 g/mol. The van der Waals surface area contributed by atoms with Crippen molar-refractivity contribution in [2.24, 2.45) is 17.1 Å². The Morgan fingerprint density at radius 2 is 1.95 bits per heavy atom. The maximum Gasteiger partial charge on any atom is 0.0453 e. The van der Waals surface area contributed by atoms with Gasteiger partial charge in [0.15, 0.2) is 0 Å². The van der Waals surface area contributed by atoms with E-state index in [4.69, 9.17) is 28.9 Å². The summed E-state index contributed by atoms with van der Waals surface area (Å²) in [5, 5.41) is 1.48. The lowest BCUT2D eigenvalue weighted by atomic mass is 9.67. The summed E-state index contributed by atoms with van der Waals surface area (Å²) >= 11 is 12.3. The van der Waals surface area contributed by atoms with Gasteiger partial charge >= 0.3 is 0 Å². The second-order valence-corrected chi connectivity index (χ2v) is 7.19. The average molecular weight is 314 g/mol. The van der Waals surface area contributed by atoms with Gasteiger partial charge in [0.25, 0.3) is 0 Å². The van der Waals surface area contributed by atoms with Gasteiger partial charge in [0, 0.05) is 10.0 Å². The van der Waals surface area contributed by atoms with Crippen LogP contribution in [0.4, 0.5) is 0 Å². The SMILES string of the molecule is CCCC1CCC(CN)(Cc2ccc(Cl)cc2Cl)CC1. The van der Waals surface area contributed by atoms with E-state index >= 15 is 0 Å². The second kappa shape index (κ2) is 7.15. The molecule has 112 valence electrons. The van der Waals surface area contributed by atoms with Gasteiger partial charge in [-0.05, 0) is 67.7 Å². The first-order valence-corrected chi connectivity index (χ1v) is 8.48. The van der Waals surface area contributed by atoms with Gasteiger partial charge in [-0.2, -0.15) is 0 Å². The van der Waals surface area contributed by atoms with E-state index in [1.165, 1.54) is 44.1 Å². The largest absolute Gasteiger partial charge is 0.330 e. The Bertz CT molecular complexity index is 437. The summed E-state index contributed by atoms with van der Waals surface area (Å²) in [5.74, 6) is 0.903. The highest BCUT2D eigenvalue weighted by Crippen LogP contribution is 2.43. The Hall–Kier alpha value is -0.240. The molecule has 1 aliphatic rings. The minimum Gasteiger partial charge on any atom is -0.330 e. The van der Waals surface area contributed by atoms with E-state index in [-0.39, 0.29) is 5.41 Å². The molecule has 0 atom stereocenters. The normalized spacial score (nSPS) is 26.7. The molecule has 20 heavy (non-hydrogen) atoms. The molecular formula is C17H25Cl2N. The van der Waals surface area contributed by atoms with Crippen molar-refractivity contribution in [3.05, 3.63) is 33.8 Å². The van der Waals surface area contributed by atoms with Gasteiger partial charge in [0.1, 0.15) is 0 Å². The Balaban J connectivity index is 2.05. The molecule has 1 fully saturated rings. The Morgan fingerprint density at radius 1 is 1.25 bits per heavy atom. The zero-order valence-corrected chi connectivity index (χ0v) is 13.8. The van der Waals surface area contributed by atoms with Gasteiger partial charge in [-0.3, -0.25) is 0 Å². The fourth-order valence-corrected chi connectivity index (χ4v) is 3.98. The molecule has 0 radical (unpaired) electrons. The third kappa shape index (κ3) is 3.90. The van der Waals surface area contributed by atoms with E-state index in [1.54, 1.807) is 0 Å². The quantitative estimate of drug-likeness (QED) is 0.766. The van der Waals surface area contributed by atoms with Gasteiger partial charge in [0.2, 0.25) is 0 Å². The lowest BCUT2D eigenvalue weighted by Crippen LogP contribution is -2.37. The van der Waals surface area contributed by atoms with Crippen LogP contribution < -0.4 is 5.73 Å². The molecule has 0 saturated heterocycles. The number of rotatable bonds is 5. The highest BCUT2D eigenvalue weighted by molar-refractivity contribution is 6.35. The topological polar surface area (TPSA) is 26.0 Å². The summed E-state index contributed by atoms with van der Waals surface area (Å²) in [4.78, 5) is 0. The molecule has 0 bridgehead atoms. The van der Waals surface area contributed by atoms with E-state index in [2.05, 4.69) is 13.0 Å². The van der Waals surface area contributed by atoms with Crippen molar-refractivity contribution in [2.75, 3.05) is 6.54 Å². The van der Waals surface area contributed by atoms with Crippen LogP contribution in [0.15, 0.2) is 18.2 Å². The van der Waals surface area contributed by atoms with Crippen molar-refractivity contribution >= 4 is 23.2 Å². The summed E-state index contributed by atoms with van der Waals surface area (Å²) in [5.41, 5.74) is 7.54. The van der Waals surface area contributed by atoms with Crippen LogP contribution in [0.25, 0.3) is 0 Å². The van der Waals surface area contributed by atoms with E-state index in [9.17, 15) is 0 Å². The summed E-state index contributed by atoms with van der Waals surface area (Å²) in [7, 11) is 0. The smallest absolute Gasteiger partial charge is 0.0453 e. The van der Waals surface area contributed by atoms with Crippen LogP contribution in [0.2, 0.25) is 10.0 Å². The second-order valence-electron chi connectivity index (χ2n) is 6.35. The molecule has 1 aromatic carbocycles. The Kier molecular flexibility index (Phi) is 5.77. The zero-order valence-electron chi connectivity index (χ0n) is 12.3. The summed E-state index contributed by atoms with van der Waals surface area (Å²) in [6.45, 7) is 3.03. The van der Waals surface area contributed by atoms with Gasteiger partial charge in [-0.25, -0.2) is 0 Å². The minimum atomic E-state index is 0.238. The van der Waals surface area contributed by atoms with E-state index in [0.717, 1.165) is 23.9 Å². The lowest BCUT2D eigenvalue weighted by Gasteiger charge is -2.40. The summed E-state index contributed by atoms with van der Waals surface area (Å²) < 4.78 is 0. The van der Waals surface area contributed by atoms with Crippen LogP contribution in [-0.4, -0.2) is 6.54 Å². The number of nitrogens with two attached hydrogens (primary N) is 1. The molecule has 3 heteroatoms. The van der Waals surface area contributed by atoms with Gasteiger partial charge in [-0.1, -0.05) is 49.0 Å². The highest BCUT2D eigenvalue weighted by atomic mass is 35.5. The number of benzene rings is 1. The zero-order chi connectivity index (χ0) is 14.6. The van der Waals surface area contributed by atoms with E-state index in [0.29, 0.717) is 5.02 Å². The molecule has 2 rings (SSSR count). The molecule has 2 N–H and O–H groups in total. The van der Waals surface area contributed by atoms with Gasteiger partial charge < -0.3 is 5.73 Å². The first kappa shape index (κ1) is 16.1. The summed E-state index contributed by atoms with van der Waals surface area (Å²) in [6, 6.07) is 5.82. The predicted octanol–water partition coefficient (Wildman–Crippen LogP) is 5.47. The first-order valence-electron chi connectivity index (χ1n) is 7.72. The Labute approximate surface area is 132 Å². The van der Waals surface area contributed by atoms with Gasteiger partial charge in [-0.15, -0.1) is 0 Å². The predicted molar refractivity (Wildman–Crippen MR) is 88.5 cm³/mol. The molecule has 1 aromatic rings. The number of halogens is 2. The lowest BCUT2D eigenvalue weighted by molar-refractivity contribution is 0.151. The van der Waals surface area contributed by atoms with E-state index < -0.39 is 0 Å². The molecule has 0 heterocycles. The van der Waals surface area contributed by atoms with Crippen LogP contribution >= 0.6 is 23.2 Å². The highest BCUT2D eigenvalue weighted by Gasteiger charge is 2.34. The third-order valence-electron chi connectivity index (χ3n) is 4.88. The maximum atomic E-state index is 6.32. The van der Waals surface area contributed by atoms with Crippen molar-refractivity contribution in [1.82, 2.24) is 0 Å². The average Bonchev–Trinajstić information content (AvgIpc) is 2.45. The van der Waals surface area contributed by atoms with Gasteiger partial charge in [0.05, 0.1) is 0 Å². The van der Waals surface area contributed by atoms with Crippen molar-refractivity contribution in [3.8, 4) is 0 Å². The third-order valence-corrected chi connectivity index (χ3v) is 5.46. The molecule has 1 nitrogen and oxygen atoms in total. The molecule has 1 saturated carbocycles. The van der Waals surface area contributed by atoms with Crippen LogP contribution in [0, 0.1) is 11.3 Å². The van der Waals surface area contributed by atoms with Crippen molar-refractivity contribution < 1.29 is 0 Å². The molecule has 1 aliphatic carbocycles. The van der Waals surface area contributed by atoms with Crippen LogP contribution in [0.1, 0.15) is 51.0 Å². The van der Waals surface area contributed by atoms with Crippen molar-refractivity contribution in [1.29, 1.82) is 0 Å². The molecule has 0 spiro atoms. The molecule has 0 unspecified atom stereocenters. The van der Waals surface area contributed by atoms with Crippen LogP contribution in [0.5, 0.6) is 0 Å². The first-order chi connectivity index (χ1) is 9.58. The molecule has 0 aliphatic heterocycles. The van der Waals surface area contributed by atoms with Crippen LogP contribution in [-0.2, 0) is 6.42 Å². The molecular weight excluding hydrogens is 289 g/mol. The summed E-state index contributed by atoms with van der Waals surface area (Å²) in [6.07, 6.45) is 8.73. The van der Waals surface area contributed by atoms with Crippen molar-refractivity contribution in [3.63, 3.8) is 0 Å². The molecule has 0 aromatic heterocycles.